The maximum Gasteiger partial charge on any atom is 0.253 e. The number of hydrogen-bond donors (Lipinski definition) is 1. The summed E-state index contributed by atoms with van der Waals surface area (Å²) < 4.78 is 1.44. The molecule has 1 aromatic heterocycles. The lowest BCUT2D eigenvalue weighted by atomic mass is 10.1. The zero-order chi connectivity index (χ0) is 17.7. The van der Waals surface area contributed by atoms with Crippen molar-refractivity contribution >= 4 is 29.1 Å². The Kier molecular flexibility index (Phi) is 5.92. The third kappa shape index (κ3) is 3.91. The van der Waals surface area contributed by atoms with Crippen LogP contribution in [0.2, 0.25) is 5.02 Å². The molecule has 0 spiro atoms. The summed E-state index contributed by atoms with van der Waals surface area (Å²) in [5.74, 6) is -0.397. The van der Waals surface area contributed by atoms with Crippen molar-refractivity contribution < 1.29 is 9.59 Å². The number of nitrogens with one attached hydrogen (secondary N) is 1. The highest BCUT2D eigenvalue weighted by Crippen LogP contribution is 2.24. The predicted molar refractivity (Wildman–Crippen MR) is 92.1 cm³/mol. The summed E-state index contributed by atoms with van der Waals surface area (Å²) in [6.07, 6.45) is 2.83. The molecule has 0 aliphatic carbocycles. The van der Waals surface area contributed by atoms with Gasteiger partial charge in [-0.2, -0.15) is 5.10 Å². The van der Waals surface area contributed by atoms with Gasteiger partial charge in [-0.1, -0.05) is 11.6 Å². The molecule has 0 aliphatic heterocycles. The molecule has 1 unspecified atom stereocenters. The van der Waals surface area contributed by atoms with E-state index in [1.807, 2.05) is 13.8 Å². The van der Waals surface area contributed by atoms with Gasteiger partial charge in [-0.15, -0.1) is 0 Å². The van der Waals surface area contributed by atoms with Crippen molar-refractivity contribution in [3.63, 3.8) is 0 Å². The van der Waals surface area contributed by atoms with Crippen LogP contribution in [0.4, 0.5) is 5.69 Å². The molecule has 0 fully saturated rings. The van der Waals surface area contributed by atoms with Crippen LogP contribution in [0.5, 0.6) is 0 Å². The molecular weight excluding hydrogens is 330 g/mol. The average Bonchev–Trinajstić information content (AvgIpc) is 3.11. The minimum absolute atomic E-state index is 0.100. The lowest BCUT2D eigenvalue weighted by Gasteiger charge is -2.19. The van der Waals surface area contributed by atoms with Crippen LogP contribution in [0.3, 0.4) is 0 Å². The lowest BCUT2D eigenvalue weighted by molar-refractivity contribution is -0.119. The highest BCUT2D eigenvalue weighted by molar-refractivity contribution is 6.34. The van der Waals surface area contributed by atoms with Crippen LogP contribution < -0.4 is 5.32 Å². The lowest BCUT2D eigenvalue weighted by Crippen LogP contribution is -2.30. The Bertz CT molecular complexity index is 713. The molecule has 24 heavy (non-hydrogen) atoms. The van der Waals surface area contributed by atoms with E-state index in [0.717, 1.165) is 0 Å². The van der Waals surface area contributed by atoms with Gasteiger partial charge in [-0.3, -0.25) is 9.59 Å². The summed E-state index contributed by atoms with van der Waals surface area (Å²) in [5, 5.41) is 7.05. The monoisotopic (exact) mass is 349 g/mol. The van der Waals surface area contributed by atoms with Gasteiger partial charge in [0, 0.05) is 18.7 Å². The minimum Gasteiger partial charge on any atom is -0.339 e. The summed E-state index contributed by atoms with van der Waals surface area (Å²) in [6.45, 7) is 6.76. The fourth-order valence-electron chi connectivity index (χ4n) is 2.22. The molecule has 0 radical (unpaired) electrons. The zero-order valence-corrected chi connectivity index (χ0v) is 14.6. The van der Waals surface area contributed by atoms with E-state index in [2.05, 4.69) is 15.4 Å². The van der Waals surface area contributed by atoms with Crippen molar-refractivity contribution in [2.45, 2.75) is 26.8 Å². The minimum atomic E-state index is -0.550. The Hall–Kier alpha value is -2.41. The van der Waals surface area contributed by atoms with Crippen LogP contribution in [-0.2, 0) is 4.79 Å². The van der Waals surface area contributed by atoms with Crippen LogP contribution in [-0.4, -0.2) is 44.6 Å². The molecule has 7 nitrogen and oxygen atoms in total. The van der Waals surface area contributed by atoms with E-state index in [0.29, 0.717) is 29.4 Å². The highest BCUT2D eigenvalue weighted by atomic mass is 35.5. The number of hydrogen-bond acceptors (Lipinski definition) is 4. The van der Waals surface area contributed by atoms with Crippen molar-refractivity contribution in [1.29, 1.82) is 0 Å². The maximum atomic E-state index is 12.4. The second-order valence-electron chi connectivity index (χ2n) is 5.21. The molecule has 0 bridgehead atoms. The molecule has 1 aromatic carbocycles. The molecule has 2 aromatic rings. The van der Waals surface area contributed by atoms with Crippen molar-refractivity contribution in [2.75, 3.05) is 18.4 Å². The van der Waals surface area contributed by atoms with E-state index >= 15 is 0 Å². The third-order valence-electron chi connectivity index (χ3n) is 3.73. The van der Waals surface area contributed by atoms with Gasteiger partial charge in [0.25, 0.3) is 5.91 Å². The number of aromatic nitrogens is 3. The number of halogens is 1. The van der Waals surface area contributed by atoms with Gasteiger partial charge >= 0.3 is 0 Å². The summed E-state index contributed by atoms with van der Waals surface area (Å²) >= 11 is 6.15. The Labute approximate surface area is 145 Å². The smallest absolute Gasteiger partial charge is 0.253 e. The van der Waals surface area contributed by atoms with Gasteiger partial charge in [0.05, 0.1) is 10.7 Å². The molecule has 128 valence electrons. The standard InChI is InChI=1S/C16H20ClN5O2/c1-4-21(5-2)16(24)12-6-7-13(17)14(8-12)20-15(23)11(3)22-10-18-9-19-22/h6-11H,4-5H2,1-3H3,(H,20,23). The second-order valence-corrected chi connectivity index (χ2v) is 5.62. The van der Waals surface area contributed by atoms with Crippen molar-refractivity contribution in [3.05, 3.63) is 41.4 Å². The Balaban J connectivity index is 2.19. The Morgan fingerprint density at radius 3 is 2.62 bits per heavy atom. The van der Waals surface area contributed by atoms with Gasteiger partial charge in [0.1, 0.15) is 18.7 Å². The molecule has 1 heterocycles. The Morgan fingerprint density at radius 1 is 1.33 bits per heavy atom. The third-order valence-corrected chi connectivity index (χ3v) is 4.06. The van der Waals surface area contributed by atoms with Gasteiger partial charge in [0.2, 0.25) is 5.91 Å². The van der Waals surface area contributed by atoms with Crippen LogP contribution in [0.1, 0.15) is 37.2 Å². The quantitative estimate of drug-likeness (QED) is 0.869. The van der Waals surface area contributed by atoms with Crippen molar-refractivity contribution in [2.24, 2.45) is 0 Å². The van der Waals surface area contributed by atoms with Crippen LogP contribution in [0, 0.1) is 0 Å². The molecule has 0 aliphatic rings. The van der Waals surface area contributed by atoms with Gasteiger partial charge < -0.3 is 10.2 Å². The van der Waals surface area contributed by atoms with E-state index in [-0.39, 0.29) is 11.8 Å². The van der Waals surface area contributed by atoms with Crippen molar-refractivity contribution in [1.82, 2.24) is 19.7 Å². The van der Waals surface area contributed by atoms with Crippen LogP contribution in [0.15, 0.2) is 30.9 Å². The van der Waals surface area contributed by atoms with Crippen LogP contribution in [0.25, 0.3) is 0 Å². The summed E-state index contributed by atoms with van der Waals surface area (Å²) in [7, 11) is 0. The van der Waals surface area contributed by atoms with Gasteiger partial charge in [0.15, 0.2) is 0 Å². The Morgan fingerprint density at radius 2 is 2.04 bits per heavy atom. The van der Waals surface area contributed by atoms with E-state index in [9.17, 15) is 9.59 Å². The number of rotatable bonds is 6. The largest absolute Gasteiger partial charge is 0.339 e. The average molecular weight is 350 g/mol. The number of anilines is 1. The molecule has 0 saturated carbocycles. The predicted octanol–water partition coefficient (Wildman–Crippen LogP) is 2.61. The van der Waals surface area contributed by atoms with Crippen molar-refractivity contribution in [3.8, 4) is 0 Å². The first-order valence-electron chi connectivity index (χ1n) is 7.71. The zero-order valence-electron chi connectivity index (χ0n) is 13.9. The molecule has 8 heteroatoms. The SMILES string of the molecule is CCN(CC)C(=O)c1ccc(Cl)c(NC(=O)C(C)n2cncn2)c1. The summed E-state index contributed by atoms with van der Waals surface area (Å²) in [5.41, 5.74) is 0.874. The molecule has 0 saturated heterocycles. The van der Waals surface area contributed by atoms with E-state index < -0.39 is 6.04 Å². The molecular formula is C16H20ClN5O2. The molecule has 2 rings (SSSR count). The number of nitrogens with zero attached hydrogens (tertiary/aromatic N) is 4. The number of benzene rings is 1. The number of carbonyl (C=O) groups excluding carboxylic acids is 2. The number of carbonyl (C=O) groups is 2. The molecule has 2 amide bonds. The first kappa shape index (κ1) is 17.9. The summed E-state index contributed by atoms with van der Waals surface area (Å²) in [4.78, 5) is 30.3. The van der Waals surface area contributed by atoms with Gasteiger partial charge in [-0.05, 0) is 39.0 Å². The van der Waals surface area contributed by atoms with E-state index in [1.54, 1.807) is 30.0 Å². The van der Waals surface area contributed by atoms with E-state index in [1.165, 1.54) is 17.3 Å². The number of amides is 2. The fourth-order valence-corrected chi connectivity index (χ4v) is 2.39. The van der Waals surface area contributed by atoms with Crippen LogP contribution >= 0.6 is 11.6 Å². The van der Waals surface area contributed by atoms with Gasteiger partial charge in [-0.25, -0.2) is 9.67 Å². The topological polar surface area (TPSA) is 80.1 Å². The normalized spacial score (nSPS) is 11.8. The molecule has 1 atom stereocenters. The maximum absolute atomic E-state index is 12.4. The molecule has 1 N–H and O–H groups in total. The van der Waals surface area contributed by atoms with E-state index in [4.69, 9.17) is 11.6 Å². The fraction of sp³-hybridized carbons (Fsp3) is 0.375. The summed E-state index contributed by atoms with van der Waals surface area (Å²) in [6, 6.07) is 4.30. The first-order valence-corrected chi connectivity index (χ1v) is 8.09. The highest BCUT2D eigenvalue weighted by Gasteiger charge is 2.19. The first-order chi connectivity index (χ1) is 11.5. The second kappa shape index (κ2) is 7.92.